The molecule has 1 heterocycles. The Morgan fingerprint density at radius 2 is 1.73 bits per heavy atom. The average Bonchev–Trinajstić information content (AvgIpc) is 2.59. The summed E-state index contributed by atoms with van der Waals surface area (Å²) in [7, 11) is 0. The summed E-state index contributed by atoms with van der Waals surface area (Å²) in [6.45, 7) is 0.934. The largest absolute Gasteiger partial charge is 0.454 e. The molecule has 6 nitrogen and oxygen atoms in total. The topological polar surface area (TPSA) is 75.7 Å². The van der Waals surface area contributed by atoms with E-state index in [-0.39, 0.29) is 25.0 Å². The van der Waals surface area contributed by atoms with Crippen molar-refractivity contribution < 1.29 is 19.1 Å². The number of rotatable bonds is 5. The fourth-order valence-corrected chi connectivity index (χ4v) is 2.27. The van der Waals surface area contributed by atoms with Gasteiger partial charge >= 0.3 is 5.97 Å². The SMILES string of the molecule is O=C(CNC(=O)c1ccccc1)OCC(=O)N1CCCCC1. The average molecular weight is 304 g/mol. The molecule has 0 aliphatic carbocycles. The van der Waals surface area contributed by atoms with E-state index in [2.05, 4.69) is 5.32 Å². The Balaban J connectivity index is 1.67. The van der Waals surface area contributed by atoms with Gasteiger partial charge in [-0.1, -0.05) is 18.2 Å². The van der Waals surface area contributed by atoms with Crippen LogP contribution < -0.4 is 5.32 Å². The summed E-state index contributed by atoms with van der Waals surface area (Å²) < 4.78 is 4.90. The highest BCUT2D eigenvalue weighted by atomic mass is 16.5. The highest BCUT2D eigenvalue weighted by molar-refractivity contribution is 5.96. The molecule has 0 bridgehead atoms. The van der Waals surface area contributed by atoms with E-state index in [0.29, 0.717) is 5.56 Å². The van der Waals surface area contributed by atoms with E-state index < -0.39 is 5.97 Å². The monoisotopic (exact) mass is 304 g/mol. The number of amides is 2. The molecule has 2 amide bonds. The Bertz CT molecular complexity index is 524. The number of piperidine rings is 1. The lowest BCUT2D eigenvalue weighted by atomic mass is 10.1. The second-order valence-corrected chi connectivity index (χ2v) is 5.15. The number of esters is 1. The minimum atomic E-state index is -0.616. The van der Waals surface area contributed by atoms with Crippen LogP contribution in [-0.2, 0) is 14.3 Å². The summed E-state index contributed by atoms with van der Waals surface area (Å²) >= 11 is 0. The molecule has 2 rings (SSSR count). The number of ether oxygens (including phenoxy) is 1. The molecule has 1 aliphatic rings. The van der Waals surface area contributed by atoms with Gasteiger partial charge in [-0.25, -0.2) is 0 Å². The third-order valence-electron chi connectivity index (χ3n) is 3.49. The summed E-state index contributed by atoms with van der Waals surface area (Å²) in [5.41, 5.74) is 0.472. The fourth-order valence-electron chi connectivity index (χ4n) is 2.27. The molecule has 118 valence electrons. The zero-order valence-electron chi connectivity index (χ0n) is 12.4. The molecule has 0 radical (unpaired) electrons. The van der Waals surface area contributed by atoms with Crippen molar-refractivity contribution >= 4 is 17.8 Å². The van der Waals surface area contributed by atoms with Crippen LogP contribution >= 0.6 is 0 Å². The highest BCUT2D eigenvalue weighted by Crippen LogP contribution is 2.08. The third kappa shape index (κ3) is 4.87. The van der Waals surface area contributed by atoms with Gasteiger partial charge < -0.3 is 15.0 Å². The van der Waals surface area contributed by atoms with Crippen molar-refractivity contribution in [1.82, 2.24) is 10.2 Å². The van der Waals surface area contributed by atoms with Crippen LogP contribution in [0, 0.1) is 0 Å². The lowest BCUT2D eigenvalue weighted by Gasteiger charge is -2.26. The summed E-state index contributed by atoms with van der Waals surface area (Å²) in [4.78, 5) is 36.8. The Hall–Kier alpha value is -2.37. The van der Waals surface area contributed by atoms with Gasteiger partial charge in [-0.2, -0.15) is 0 Å². The molecule has 1 aromatic rings. The number of carbonyl (C=O) groups excluding carboxylic acids is 3. The first-order valence-electron chi connectivity index (χ1n) is 7.43. The second kappa shape index (κ2) is 8.17. The lowest BCUT2D eigenvalue weighted by molar-refractivity contribution is -0.151. The number of hydrogen-bond donors (Lipinski definition) is 1. The van der Waals surface area contributed by atoms with Gasteiger partial charge in [0.2, 0.25) is 0 Å². The molecule has 0 spiro atoms. The number of carbonyl (C=O) groups is 3. The van der Waals surface area contributed by atoms with E-state index in [1.807, 2.05) is 0 Å². The van der Waals surface area contributed by atoms with Crippen molar-refractivity contribution in [2.45, 2.75) is 19.3 Å². The maximum Gasteiger partial charge on any atom is 0.325 e. The van der Waals surface area contributed by atoms with Gasteiger partial charge in [0.15, 0.2) is 6.61 Å². The number of likely N-dealkylation sites (tertiary alicyclic amines) is 1. The van der Waals surface area contributed by atoms with Gasteiger partial charge in [0.05, 0.1) is 0 Å². The van der Waals surface area contributed by atoms with Crippen molar-refractivity contribution in [2.24, 2.45) is 0 Å². The van der Waals surface area contributed by atoms with Gasteiger partial charge in [-0.3, -0.25) is 14.4 Å². The van der Waals surface area contributed by atoms with Crippen molar-refractivity contribution in [3.8, 4) is 0 Å². The van der Waals surface area contributed by atoms with Crippen LogP contribution in [-0.4, -0.2) is 48.9 Å². The van der Waals surface area contributed by atoms with Crippen molar-refractivity contribution in [1.29, 1.82) is 0 Å². The van der Waals surface area contributed by atoms with E-state index in [9.17, 15) is 14.4 Å². The van der Waals surface area contributed by atoms with Crippen molar-refractivity contribution in [2.75, 3.05) is 26.2 Å². The molecule has 0 saturated carbocycles. The Morgan fingerprint density at radius 3 is 2.41 bits per heavy atom. The number of benzene rings is 1. The number of nitrogens with zero attached hydrogens (tertiary/aromatic N) is 1. The molecular formula is C16H20N2O4. The van der Waals surface area contributed by atoms with Gasteiger partial charge in [-0.05, 0) is 31.4 Å². The molecule has 1 fully saturated rings. The molecule has 6 heteroatoms. The molecule has 1 aromatic carbocycles. The molecule has 0 atom stereocenters. The molecule has 0 aromatic heterocycles. The Morgan fingerprint density at radius 1 is 1.05 bits per heavy atom. The van der Waals surface area contributed by atoms with E-state index in [0.717, 1.165) is 32.4 Å². The third-order valence-corrected chi connectivity index (χ3v) is 3.49. The fraction of sp³-hybridized carbons (Fsp3) is 0.438. The van der Waals surface area contributed by atoms with Gasteiger partial charge in [0.25, 0.3) is 11.8 Å². The molecular weight excluding hydrogens is 284 g/mol. The van der Waals surface area contributed by atoms with Crippen molar-refractivity contribution in [3.63, 3.8) is 0 Å². The summed E-state index contributed by atoms with van der Waals surface area (Å²) in [6.07, 6.45) is 3.12. The van der Waals surface area contributed by atoms with Crippen LogP contribution in [0.15, 0.2) is 30.3 Å². The van der Waals surface area contributed by atoms with Crippen LogP contribution in [0.4, 0.5) is 0 Å². The molecule has 22 heavy (non-hydrogen) atoms. The predicted octanol–water partition coefficient (Wildman–Crippen LogP) is 0.972. The van der Waals surface area contributed by atoms with Gasteiger partial charge in [0, 0.05) is 18.7 Å². The minimum absolute atomic E-state index is 0.178. The van der Waals surface area contributed by atoms with Gasteiger partial charge in [-0.15, -0.1) is 0 Å². The minimum Gasteiger partial charge on any atom is -0.454 e. The lowest BCUT2D eigenvalue weighted by Crippen LogP contribution is -2.39. The van der Waals surface area contributed by atoms with E-state index in [1.54, 1.807) is 35.2 Å². The van der Waals surface area contributed by atoms with Crippen LogP contribution in [0.25, 0.3) is 0 Å². The summed E-state index contributed by atoms with van der Waals surface area (Å²) in [6, 6.07) is 8.59. The maximum absolute atomic E-state index is 11.8. The molecule has 0 unspecified atom stereocenters. The zero-order valence-corrected chi connectivity index (χ0v) is 12.4. The molecule has 1 saturated heterocycles. The van der Waals surface area contributed by atoms with Crippen LogP contribution in [0.1, 0.15) is 29.6 Å². The number of nitrogens with one attached hydrogen (secondary N) is 1. The second-order valence-electron chi connectivity index (χ2n) is 5.15. The number of hydrogen-bond acceptors (Lipinski definition) is 4. The Kier molecular flexibility index (Phi) is 5.94. The summed E-state index contributed by atoms with van der Waals surface area (Å²) in [5.74, 6) is -1.14. The standard InChI is InChI=1S/C16H20N2O4/c19-14(18-9-5-2-6-10-18)12-22-15(20)11-17-16(21)13-7-3-1-4-8-13/h1,3-4,7-8H,2,5-6,9-12H2,(H,17,21). The van der Waals surface area contributed by atoms with Crippen LogP contribution in [0.3, 0.4) is 0 Å². The summed E-state index contributed by atoms with van der Waals surface area (Å²) in [5, 5.41) is 2.46. The van der Waals surface area contributed by atoms with E-state index in [4.69, 9.17) is 4.74 Å². The van der Waals surface area contributed by atoms with Gasteiger partial charge in [0.1, 0.15) is 6.54 Å². The van der Waals surface area contributed by atoms with Crippen molar-refractivity contribution in [3.05, 3.63) is 35.9 Å². The van der Waals surface area contributed by atoms with Crippen LogP contribution in [0.5, 0.6) is 0 Å². The Labute approximate surface area is 129 Å². The molecule has 1 aliphatic heterocycles. The first-order chi connectivity index (χ1) is 10.7. The maximum atomic E-state index is 11.8. The smallest absolute Gasteiger partial charge is 0.325 e. The van der Waals surface area contributed by atoms with E-state index >= 15 is 0 Å². The highest BCUT2D eigenvalue weighted by Gasteiger charge is 2.18. The normalized spacial score (nSPS) is 14.3. The first kappa shape index (κ1) is 16.0. The molecule has 1 N–H and O–H groups in total. The zero-order chi connectivity index (χ0) is 15.8. The van der Waals surface area contributed by atoms with Crippen LogP contribution in [0.2, 0.25) is 0 Å². The quantitative estimate of drug-likeness (QED) is 0.823. The van der Waals surface area contributed by atoms with E-state index in [1.165, 1.54) is 0 Å². The first-order valence-corrected chi connectivity index (χ1v) is 7.43. The predicted molar refractivity (Wildman–Crippen MR) is 80.2 cm³/mol.